The number of nitrogens with zero attached hydrogens (tertiary/aromatic N) is 4. The Hall–Kier alpha value is -2.94. The van der Waals surface area contributed by atoms with Crippen LogP contribution in [0.3, 0.4) is 0 Å². The molecule has 1 aromatic carbocycles. The molecular weight excluding hydrogens is 454 g/mol. The average Bonchev–Trinajstić information content (AvgIpc) is 3.16. The fraction of sp³-hybridized carbons (Fsp3) is 0.400. The molecule has 0 saturated carbocycles. The van der Waals surface area contributed by atoms with E-state index < -0.39 is 0 Å². The van der Waals surface area contributed by atoms with Gasteiger partial charge >= 0.3 is 0 Å². The third kappa shape index (κ3) is 4.06. The maximum atomic E-state index is 9.92. The predicted molar refractivity (Wildman–Crippen MR) is 132 cm³/mol. The van der Waals surface area contributed by atoms with Crippen molar-refractivity contribution in [3.05, 3.63) is 52.9 Å². The molecule has 3 heterocycles. The molecular formula is C25H28ClN5O3. The van der Waals surface area contributed by atoms with E-state index in [1.54, 1.807) is 20.4 Å². The van der Waals surface area contributed by atoms with Gasteiger partial charge in [-0.3, -0.25) is 4.98 Å². The van der Waals surface area contributed by atoms with Crippen molar-refractivity contribution < 1.29 is 14.6 Å². The van der Waals surface area contributed by atoms with Crippen LogP contribution in [0.4, 0.5) is 17.3 Å². The summed E-state index contributed by atoms with van der Waals surface area (Å²) in [6, 6.07) is 7.68. The Morgan fingerprint density at radius 1 is 1.24 bits per heavy atom. The van der Waals surface area contributed by atoms with Gasteiger partial charge in [0.1, 0.15) is 5.75 Å². The number of rotatable bonds is 7. The number of pyridine rings is 1. The van der Waals surface area contributed by atoms with Crippen LogP contribution in [0.1, 0.15) is 24.6 Å². The monoisotopic (exact) mass is 481 g/mol. The van der Waals surface area contributed by atoms with Crippen molar-refractivity contribution in [1.82, 2.24) is 15.0 Å². The van der Waals surface area contributed by atoms with Gasteiger partial charge in [-0.25, -0.2) is 9.97 Å². The van der Waals surface area contributed by atoms with Gasteiger partial charge in [0.05, 0.1) is 41.9 Å². The molecule has 1 aliphatic carbocycles. The van der Waals surface area contributed by atoms with Gasteiger partial charge in [0.15, 0.2) is 0 Å². The van der Waals surface area contributed by atoms with Gasteiger partial charge in [-0.1, -0.05) is 18.5 Å². The van der Waals surface area contributed by atoms with Crippen LogP contribution in [0.5, 0.6) is 5.75 Å². The van der Waals surface area contributed by atoms with Crippen LogP contribution in [0, 0.1) is 0 Å². The van der Waals surface area contributed by atoms with Crippen molar-refractivity contribution in [3.63, 3.8) is 0 Å². The number of nitrogens with one attached hydrogen (secondary N) is 1. The number of halogens is 1. The topological polar surface area (TPSA) is 92.6 Å². The standard InChI is InChI=1S/C25H28ClN5O3/c1-25(14-32)6-4-20-17(25)8-15(11-28-20)19-5-7-27-24(29-19)30-21-9-18(26)22(10-23(21)34-3)31-12-16(13-31)33-2/h5,7-11,16,32H,4,6,12-14H2,1-3H3,(H,27,29,30). The quantitative estimate of drug-likeness (QED) is 0.523. The first kappa shape index (κ1) is 22.8. The second-order valence-corrected chi connectivity index (χ2v) is 9.50. The fourth-order valence-corrected chi connectivity index (χ4v) is 4.87. The number of aliphatic hydroxyl groups is 1. The predicted octanol–water partition coefficient (Wildman–Crippen LogP) is 3.98. The van der Waals surface area contributed by atoms with Crippen molar-refractivity contribution in [1.29, 1.82) is 0 Å². The molecule has 2 aromatic heterocycles. The number of ether oxygens (including phenoxy) is 2. The minimum absolute atomic E-state index is 0.0990. The molecule has 5 rings (SSSR count). The highest BCUT2D eigenvalue weighted by molar-refractivity contribution is 6.33. The first-order chi connectivity index (χ1) is 16.4. The van der Waals surface area contributed by atoms with Crippen LogP contribution in [0.15, 0.2) is 36.7 Å². The van der Waals surface area contributed by atoms with Gasteiger partial charge < -0.3 is 24.8 Å². The molecule has 0 bridgehead atoms. The first-order valence-electron chi connectivity index (χ1n) is 11.3. The summed E-state index contributed by atoms with van der Waals surface area (Å²) in [5.74, 6) is 1.07. The maximum Gasteiger partial charge on any atom is 0.227 e. The Kier molecular flexibility index (Phi) is 6.06. The molecule has 2 N–H and O–H groups in total. The van der Waals surface area contributed by atoms with Crippen molar-refractivity contribution in [2.24, 2.45) is 0 Å². The molecule has 0 amide bonds. The third-order valence-electron chi connectivity index (χ3n) is 6.87. The molecule has 0 radical (unpaired) electrons. The smallest absolute Gasteiger partial charge is 0.227 e. The summed E-state index contributed by atoms with van der Waals surface area (Å²) in [6.45, 7) is 3.76. The van der Waals surface area contributed by atoms with Gasteiger partial charge in [0, 0.05) is 55.3 Å². The number of hydrogen-bond donors (Lipinski definition) is 2. The van der Waals surface area contributed by atoms with E-state index in [9.17, 15) is 5.11 Å². The van der Waals surface area contributed by atoms with Crippen LogP contribution in [0.2, 0.25) is 5.02 Å². The van der Waals surface area contributed by atoms with E-state index >= 15 is 0 Å². The Morgan fingerprint density at radius 2 is 2.06 bits per heavy atom. The highest BCUT2D eigenvalue weighted by Crippen LogP contribution is 2.40. The summed E-state index contributed by atoms with van der Waals surface area (Å²) in [6.07, 6.45) is 5.53. The molecule has 2 aliphatic rings. The highest BCUT2D eigenvalue weighted by atomic mass is 35.5. The van der Waals surface area contributed by atoms with E-state index in [-0.39, 0.29) is 18.1 Å². The molecule has 9 heteroatoms. The highest BCUT2D eigenvalue weighted by Gasteiger charge is 2.35. The molecule has 178 valence electrons. The number of anilines is 3. The second-order valence-electron chi connectivity index (χ2n) is 9.09. The van der Waals surface area contributed by atoms with Gasteiger partial charge in [-0.2, -0.15) is 0 Å². The van der Waals surface area contributed by atoms with Crippen molar-refractivity contribution in [2.45, 2.75) is 31.3 Å². The van der Waals surface area contributed by atoms with Crippen LogP contribution in [-0.4, -0.2) is 60.1 Å². The lowest BCUT2D eigenvalue weighted by Crippen LogP contribution is -2.52. The molecule has 3 aromatic rings. The van der Waals surface area contributed by atoms with Crippen molar-refractivity contribution in [2.75, 3.05) is 44.1 Å². The van der Waals surface area contributed by atoms with Gasteiger partial charge in [-0.15, -0.1) is 0 Å². The third-order valence-corrected chi connectivity index (χ3v) is 7.17. The van der Waals surface area contributed by atoms with E-state index in [0.717, 1.165) is 54.1 Å². The van der Waals surface area contributed by atoms with E-state index in [0.29, 0.717) is 22.4 Å². The van der Waals surface area contributed by atoms with E-state index in [2.05, 4.69) is 33.2 Å². The molecule has 1 fully saturated rings. The molecule has 1 saturated heterocycles. The Balaban J connectivity index is 1.41. The lowest BCUT2D eigenvalue weighted by molar-refractivity contribution is 0.0787. The molecule has 0 spiro atoms. The fourth-order valence-electron chi connectivity index (χ4n) is 4.58. The summed E-state index contributed by atoms with van der Waals surface area (Å²) < 4.78 is 11.0. The van der Waals surface area contributed by atoms with Gasteiger partial charge in [-0.05, 0) is 36.6 Å². The van der Waals surface area contributed by atoms with Crippen molar-refractivity contribution >= 4 is 28.9 Å². The lowest BCUT2D eigenvalue weighted by Gasteiger charge is -2.40. The normalized spacial score (nSPS) is 19.6. The molecule has 1 unspecified atom stereocenters. The summed E-state index contributed by atoms with van der Waals surface area (Å²) in [4.78, 5) is 15.9. The van der Waals surface area contributed by atoms with Crippen LogP contribution >= 0.6 is 11.6 Å². The summed E-state index contributed by atoms with van der Waals surface area (Å²) >= 11 is 6.60. The number of benzene rings is 1. The number of fused-ring (bicyclic) bond motifs is 1. The van der Waals surface area contributed by atoms with Gasteiger partial charge in [0.2, 0.25) is 5.95 Å². The Morgan fingerprint density at radius 3 is 2.79 bits per heavy atom. The zero-order valence-corrected chi connectivity index (χ0v) is 20.3. The SMILES string of the molecule is COc1cc(N2CC(OC)C2)c(Cl)cc1Nc1nccc(-c2cnc3c(c2)C(C)(CO)CC3)n1. The van der Waals surface area contributed by atoms with Gasteiger partial charge in [0.25, 0.3) is 0 Å². The Labute approximate surface area is 203 Å². The number of aliphatic hydroxyl groups excluding tert-OH is 1. The van der Waals surface area contributed by atoms with E-state index in [1.807, 2.05) is 24.4 Å². The largest absolute Gasteiger partial charge is 0.494 e. The number of methoxy groups -OCH3 is 2. The van der Waals surface area contributed by atoms with E-state index in [1.165, 1.54) is 0 Å². The summed E-state index contributed by atoms with van der Waals surface area (Å²) in [7, 11) is 3.34. The minimum Gasteiger partial charge on any atom is -0.494 e. The maximum absolute atomic E-state index is 9.92. The Bertz CT molecular complexity index is 1220. The summed E-state index contributed by atoms with van der Waals surface area (Å²) in [5, 5.41) is 13.8. The number of aryl methyl sites for hydroxylation is 1. The minimum atomic E-state index is -0.266. The number of hydrogen-bond acceptors (Lipinski definition) is 8. The van der Waals surface area contributed by atoms with Crippen LogP contribution in [-0.2, 0) is 16.6 Å². The molecule has 1 atom stereocenters. The number of aromatic nitrogens is 3. The van der Waals surface area contributed by atoms with Crippen molar-refractivity contribution in [3.8, 4) is 17.0 Å². The summed E-state index contributed by atoms with van der Waals surface area (Å²) in [5.41, 5.74) is 5.08. The molecule has 8 nitrogen and oxygen atoms in total. The zero-order chi connectivity index (χ0) is 23.9. The van der Waals surface area contributed by atoms with Crippen LogP contribution < -0.4 is 15.0 Å². The lowest BCUT2D eigenvalue weighted by atomic mass is 9.85. The zero-order valence-electron chi connectivity index (χ0n) is 19.5. The first-order valence-corrected chi connectivity index (χ1v) is 11.7. The van der Waals surface area contributed by atoms with Crippen LogP contribution in [0.25, 0.3) is 11.3 Å². The molecule has 1 aliphatic heterocycles. The average molecular weight is 482 g/mol. The second kappa shape index (κ2) is 9.02. The van der Waals surface area contributed by atoms with E-state index in [4.69, 9.17) is 26.1 Å². The molecule has 34 heavy (non-hydrogen) atoms.